The molecule has 0 spiro atoms. The molecule has 1 amide bonds. The number of Topliss-reactive ketones (excluding diaryl/α,β-unsaturated/α-hetero) is 1. The second kappa shape index (κ2) is 12.3. The summed E-state index contributed by atoms with van der Waals surface area (Å²) in [5.74, 6) is 0.0395. The lowest BCUT2D eigenvalue weighted by atomic mass is 9.78. The average molecular weight is 565 g/mol. The van der Waals surface area contributed by atoms with Crippen LogP contribution in [-0.4, -0.2) is 56.3 Å². The molecule has 0 aromatic heterocycles. The molecular formula is C24H28Cl3NO6S. The van der Waals surface area contributed by atoms with E-state index in [1.165, 1.54) is 0 Å². The van der Waals surface area contributed by atoms with E-state index >= 15 is 0 Å². The Balaban J connectivity index is 2.10. The zero-order chi connectivity index (χ0) is 26.4. The predicted octanol–water partition coefficient (Wildman–Crippen LogP) is 5.08. The average Bonchev–Trinajstić information content (AvgIpc) is 2.77. The fourth-order valence-electron chi connectivity index (χ4n) is 3.25. The molecule has 0 radical (unpaired) electrons. The molecule has 0 unspecified atom stereocenters. The van der Waals surface area contributed by atoms with Crippen LogP contribution in [0.2, 0.25) is 10.0 Å². The molecule has 2 aromatic rings. The Labute approximate surface area is 221 Å². The first-order chi connectivity index (χ1) is 16.3. The van der Waals surface area contributed by atoms with E-state index in [9.17, 15) is 18.0 Å². The Hall–Kier alpha value is -2.00. The van der Waals surface area contributed by atoms with E-state index in [4.69, 9.17) is 44.3 Å². The van der Waals surface area contributed by atoms with Crippen molar-refractivity contribution in [2.24, 2.45) is 0 Å². The van der Waals surface area contributed by atoms with Crippen LogP contribution < -0.4 is 9.47 Å². The van der Waals surface area contributed by atoms with Crippen molar-refractivity contribution in [2.75, 3.05) is 31.9 Å². The number of benzene rings is 2. The summed E-state index contributed by atoms with van der Waals surface area (Å²) in [5.41, 5.74) is 1.36. The van der Waals surface area contributed by atoms with Gasteiger partial charge in [0.15, 0.2) is 11.5 Å². The Morgan fingerprint density at radius 1 is 1.00 bits per heavy atom. The first kappa shape index (κ1) is 29.2. The van der Waals surface area contributed by atoms with Crippen LogP contribution >= 0.6 is 34.8 Å². The number of halogens is 3. The van der Waals surface area contributed by atoms with Crippen LogP contribution in [-0.2, 0) is 25.0 Å². The van der Waals surface area contributed by atoms with Crippen LogP contribution in [0.4, 0.5) is 0 Å². The summed E-state index contributed by atoms with van der Waals surface area (Å²) < 4.78 is 34.9. The van der Waals surface area contributed by atoms with Gasteiger partial charge in [0.2, 0.25) is 15.9 Å². The molecule has 0 heterocycles. The van der Waals surface area contributed by atoms with Gasteiger partial charge in [-0.3, -0.25) is 9.59 Å². The molecule has 0 aliphatic heterocycles. The van der Waals surface area contributed by atoms with Crippen LogP contribution in [0.15, 0.2) is 36.4 Å². The van der Waals surface area contributed by atoms with Gasteiger partial charge in [-0.2, -0.15) is 0 Å². The largest absolute Gasteiger partial charge is 0.490 e. The summed E-state index contributed by atoms with van der Waals surface area (Å²) in [6.07, 6.45) is 1.54. The van der Waals surface area contributed by atoms with Gasteiger partial charge >= 0.3 is 0 Å². The molecule has 2 aromatic carbocycles. The van der Waals surface area contributed by atoms with Crippen molar-refractivity contribution in [3.8, 4) is 11.5 Å². The third-order valence-corrected chi connectivity index (χ3v) is 7.31. The normalized spacial score (nSPS) is 11.7. The molecule has 0 atom stereocenters. The third kappa shape index (κ3) is 8.00. The van der Waals surface area contributed by atoms with E-state index in [0.717, 1.165) is 24.3 Å². The predicted molar refractivity (Wildman–Crippen MR) is 139 cm³/mol. The number of sulfonamides is 1. The Kier molecular flexibility index (Phi) is 10.3. The lowest BCUT2D eigenvalue weighted by Gasteiger charge is -2.27. The van der Waals surface area contributed by atoms with Crippen molar-refractivity contribution in [3.05, 3.63) is 57.6 Å². The Morgan fingerprint density at radius 2 is 1.57 bits per heavy atom. The molecule has 35 heavy (non-hydrogen) atoms. The lowest BCUT2D eigenvalue weighted by Crippen LogP contribution is -2.39. The third-order valence-electron chi connectivity index (χ3n) is 5.29. The molecule has 0 bridgehead atoms. The van der Waals surface area contributed by atoms with Crippen LogP contribution in [0.3, 0.4) is 0 Å². The Morgan fingerprint density at radius 3 is 2.06 bits per heavy atom. The van der Waals surface area contributed by atoms with Crippen molar-refractivity contribution in [1.29, 1.82) is 0 Å². The van der Waals surface area contributed by atoms with E-state index in [0.29, 0.717) is 44.8 Å². The second-order valence-corrected chi connectivity index (χ2v) is 11.5. The highest BCUT2D eigenvalue weighted by Gasteiger charge is 2.26. The van der Waals surface area contributed by atoms with Crippen molar-refractivity contribution < 1.29 is 27.5 Å². The molecule has 2 rings (SSSR count). The summed E-state index contributed by atoms with van der Waals surface area (Å²) in [7, 11) is -3.83. The molecule has 7 nitrogen and oxygen atoms in total. The fourth-order valence-corrected chi connectivity index (χ4v) is 4.80. The van der Waals surface area contributed by atoms with Gasteiger partial charge in [-0.05, 0) is 41.8 Å². The van der Waals surface area contributed by atoms with Crippen LogP contribution in [0.25, 0.3) is 0 Å². The number of ether oxygens (including phenoxy) is 2. The number of ketones is 1. The number of carbonyl (C=O) groups is 2. The minimum atomic E-state index is -3.83. The van der Waals surface area contributed by atoms with Crippen molar-refractivity contribution in [3.63, 3.8) is 0 Å². The molecular weight excluding hydrogens is 537 g/mol. The highest BCUT2D eigenvalue weighted by molar-refractivity contribution is 7.88. The number of alkyl halides is 1. The van der Waals surface area contributed by atoms with Gasteiger partial charge in [-0.1, -0.05) is 49.2 Å². The standard InChI is InChI=1S/C24H28Cl3NO6S/c1-16(29)28(35(4,31)32)14-19(30)15-34-20-8-6-17(7-9-20)24(2,3)18-12-21(26)23(22(27)13-18)33-11-5-10-25/h6-9,12-13H,5,10-11,14-15H2,1-4H3. The number of amides is 1. The first-order valence-electron chi connectivity index (χ1n) is 10.7. The van der Waals surface area contributed by atoms with Crippen molar-refractivity contribution in [2.45, 2.75) is 32.6 Å². The quantitative estimate of drug-likeness (QED) is 0.264. The van der Waals surface area contributed by atoms with Crippen LogP contribution in [0.1, 0.15) is 38.3 Å². The van der Waals surface area contributed by atoms with E-state index in [2.05, 4.69) is 0 Å². The number of hydrogen-bond acceptors (Lipinski definition) is 6. The monoisotopic (exact) mass is 563 g/mol. The zero-order valence-corrected chi connectivity index (χ0v) is 23.0. The van der Waals surface area contributed by atoms with Gasteiger partial charge < -0.3 is 9.47 Å². The Bertz CT molecular complexity index is 1140. The highest BCUT2D eigenvalue weighted by Crippen LogP contribution is 2.40. The van der Waals surface area contributed by atoms with E-state index in [1.807, 2.05) is 38.1 Å². The minimum Gasteiger partial charge on any atom is -0.490 e. The number of rotatable bonds is 12. The molecule has 192 valence electrons. The van der Waals surface area contributed by atoms with Gasteiger partial charge in [0, 0.05) is 18.2 Å². The van der Waals surface area contributed by atoms with E-state index in [-0.39, 0.29) is 6.61 Å². The van der Waals surface area contributed by atoms with Gasteiger partial charge in [0.1, 0.15) is 12.4 Å². The van der Waals surface area contributed by atoms with Gasteiger partial charge in [0.05, 0.1) is 29.5 Å². The number of carbonyl (C=O) groups excluding carboxylic acids is 2. The molecule has 11 heteroatoms. The van der Waals surface area contributed by atoms with Crippen molar-refractivity contribution >= 4 is 56.5 Å². The maximum Gasteiger partial charge on any atom is 0.234 e. The minimum absolute atomic E-state index is 0.377. The number of nitrogens with zero attached hydrogens (tertiary/aromatic N) is 1. The fraction of sp³-hybridized carbons (Fsp3) is 0.417. The van der Waals surface area contributed by atoms with Gasteiger partial charge in [-0.25, -0.2) is 12.7 Å². The van der Waals surface area contributed by atoms with E-state index in [1.54, 1.807) is 12.1 Å². The van der Waals surface area contributed by atoms with Crippen LogP contribution in [0, 0.1) is 0 Å². The van der Waals surface area contributed by atoms with Crippen LogP contribution in [0.5, 0.6) is 11.5 Å². The molecule has 0 aliphatic carbocycles. The molecule has 0 fully saturated rings. The summed E-state index contributed by atoms with van der Waals surface area (Å²) in [6.45, 7) is 4.58. The first-order valence-corrected chi connectivity index (χ1v) is 13.8. The highest BCUT2D eigenvalue weighted by atomic mass is 35.5. The summed E-state index contributed by atoms with van der Waals surface area (Å²) in [4.78, 5) is 23.6. The summed E-state index contributed by atoms with van der Waals surface area (Å²) >= 11 is 18.5. The SMILES string of the molecule is CC(=O)N(CC(=O)COc1ccc(C(C)(C)c2cc(Cl)c(OCCCCl)c(Cl)c2)cc1)S(C)(=O)=O. The van der Waals surface area contributed by atoms with Gasteiger partial charge in [-0.15, -0.1) is 11.6 Å². The maximum atomic E-state index is 12.1. The number of hydrogen-bond donors (Lipinski definition) is 0. The molecule has 0 N–H and O–H groups in total. The zero-order valence-electron chi connectivity index (χ0n) is 19.9. The maximum absolute atomic E-state index is 12.1. The summed E-state index contributed by atoms with van der Waals surface area (Å²) in [6, 6.07) is 10.7. The van der Waals surface area contributed by atoms with Crippen molar-refractivity contribution in [1.82, 2.24) is 4.31 Å². The molecule has 0 saturated heterocycles. The molecule has 0 aliphatic rings. The lowest BCUT2D eigenvalue weighted by molar-refractivity contribution is -0.129. The second-order valence-electron chi connectivity index (χ2n) is 8.43. The topological polar surface area (TPSA) is 90.0 Å². The van der Waals surface area contributed by atoms with Gasteiger partial charge in [0.25, 0.3) is 0 Å². The summed E-state index contributed by atoms with van der Waals surface area (Å²) in [5, 5.41) is 0.810. The smallest absolute Gasteiger partial charge is 0.234 e. The molecule has 0 saturated carbocycles. The van der Waals surface area contributed by atoms with E-state index < -0.39 is 33.7 Å².